The Morgan fingerprint density at radius 1 is 1.16 bits per heavy atom. The Kier molecular flexibility index (Phi) is 4.34. The molecule has 5 heteroatoms. The summed E-state index contributed by atoms with van der Waals surface area (Å²) in [5.74, 6) is 0.693. The van der Waals surface area contributed by atoms with Crippen LogP contribution in [0.5, 0.6) is 0 Å². The van der Waals surface area contributed by atoms with E-state index in [1.165, 1.54) is 5.56 Å². The smallest absolute Gasteiger partial charge is 0.258 e. The second kappa shape index (κ2) is 6.78. The van der Waals surface area contributed by atoms with E-state index in [0.29, 0.717) is 24.4 Å². The van der Waals surface area contributed by atoms with Gasteiger partial charge in [0, 0.05) is 6.54 Å². The standard InChI is InChI=1S/C20H21N3O2/c1-14-11-23(18(13-25-14)15-7-3-2-4-8-15)12-19-21-17-10-6-5-9-16(17)20(24)22-19/h2-10,14,18H,11-13H2,1H3,(H,21,22,24)/t14-,18-/m0/s1. The van der Waals surface area contributed by atoms with Crippen LogP contribution in [0.25, 0.3) is 10.9 Å². The number of benzene rings is 2. The molecule has 0 aliphatic carbocycles. The first-order chi connectivity index (χ1) is 12.2. The van der Waals surface area contributed by atoms with Gasteiger partial charge in [0.15, 0.2) is 0 Å². The van der Waals surface area contributed by atoms with Gasteiger partial charge in [-0.25, -0.2) is 4.98 Å². The highest BCUT2D eigenvalue weighted by atomic mass is 16.5. The summed E-state index contributed by atoms with van der Waals surface area (Å²) >= 11 is 0. The largest absolute Gasteiger partial charge is 0.375 e. The molecule has 1 N–H and O–H groups in total. The maximum absolute atomic E-state index is 12.3. The van der Waals surface area contributed by atoms with E-state index in [1.54, 1.807) is 6.07 Å². The first-order valence-corrected chi connectivity index (χ1v) is 8.59. The van der Waals surface area contributed by atoms with Crippen molar-refractivity contribution in [3.8, 4) is 0 Å². The Morgan fingerprint density at radius 3 is 2.76 bits per heavy atom. The highest BCUT2D eigenvalue weighted by Gasteiger charge is 2.28. The highest BCUT2D eigenvalue weighted by Crippen LogP contribution is 2.27. The van der Waals surface area contributed by atoms with Gasteiger partial charge in [0.1, 0.15) is 5.82 Å². The summed E-state index contributed by atoms with van der Waals surface area (Å²) in [5.41, 5.74) is 1.87. The molecule has 0 spiro atoms. The van der Waals surface area contributed by atoms with Gasteiger partial charge in [-0.2, -0.15) is 0 Å². The van der Waals surface area contributed by atoms with Crippen molar-refractivity contribution in [2.75, 3.05) is 13.2 Å². The van der Waals surface area contributed by atoms with Crippen molar-refractivity contribution in [1.82, 2.24) is 14.9 Å². The van der Waals surface area contributed by atoms with Crippen LogP contribution in [0.3, 0.4) is 0 Å². The second-order valence-electron chi connectivity index (χ2n) is 6.53. The summed E-state index contributed by atoms with van der Waals surface area (Å²) in [5, 5.41) is 0.626. The number of ether oxygens (including phenoxy) is 1. The number of morpholine rings is 1. The topological polar surface area (TPSA) is 58.2 Å². The van der Waals surface area contributed by atoms with Crippen LogP contribution in [0.1, 0.15) is 24.4 Å². The number of nitrogens with one attached hydrogen (secondary N) is 1. The Labute approximate surface area is 146 Å². The van der Waals surface area contributed by atoms with Gasteiger partial charge in [0.2, 0.25) is 0 Å². The van der Waals surface area contributed by atoms with E-state index in [0.717, 1.165) is 12.1 Å². The maximum Gasteiger partial charge on any atom is 0.258 e. The lowest BCUT2D eigenvalue weighted by Crippen LogP contribution is -2.43. The maximum atomic E-state index is 12.3. The number of hydrogen-bond acceptors (Lipinski definition) is 4. The molecule has 1 fully saturated rings. The van der Waals surface area contributed by atoms with Crippen molar-refractivity contribution < 1.29 is 4.74 Å². The fourth-order valence-corrected chi connectivity index (χ4v) is 3.43. The summed E-state index contributed by atoms with van der Waals surface area (Å²) in [6.07, 6.45) is 0.159. The average molecular weight is 335 g/mol. The van der Waals surface area contributed by atoms with Crippen LogP contribution >= 0.6 is 0 Å². The molecule has 1 aliphatic rings. The van der Waals surface area contributed by atoms with Crippen LogP contribution in [0.4, 0.5) is 0 Å². The van der Waals surface area contributed by atoms with Gasteiger partial charge >= 0.3 is 0 Å². The molecule has 2 heterocycles. The summed E-state index contributed by atoms with van der Waals surface area (Å²) in [7, 11) is 0. The average Bonchev–Trinajstić information content (AvgIpc) is 2.63. The normalized spacial score (nSPS) is 21.5. The van der Waals surface area contributed by atoms with E-state index in [2.05, 4.69) is 33.9 Å². The SMILES string of the molecule is C[C@H]1CN(Cc2nc3ccccc3c(=O)[nH]2)[C@H](c2ccccc2)CO1. The fraction of sp³-hybridized carbons (Fsp3) is 0.300. The minimum absolute atomic E-state index is 0.0850. The zero-order valence-corrected chi connectivity index (χ0v) is 14.2. The van der Waals surface area contributed by atoms with Crippen LogP contribution in [-0.2, 0) is 11.3 Å². The predicted molar refractivity (Wildman–Crippen MR) is 97.4 cm³/mol. The van der Waals surface area contributed by atoms with Crippen molar-refractivity contribution >= 4 is 10.9 Å². The number of rotatable bonds is 3. The summed E-state index contributed by atoms with van der Waals surface area (Å²) in [4.78, 5) is 22.2. The molecule has 2 atom stereocenters. The molecule has 128 valence electrons. The molecule has 1 aromatic heterocycles. The summed E-state index contributed by atoms with van der Waals surface area (Å²) in [6.45, 7) is 4.11. The number of aromatic nitrogens is 2. The minimum Gasteiger partial charge on any atom is -0.375 e. The third-order valence-electron chi connectivity index (χ3n) is 4.67. The molecule has 3 aromatic rings. The van der Waals surface area contributed by atoms with E-state index in [4.69, 9.17) is 4.74 Å². The molecule has 5 nitrogen and oxygen atoms in total. The molecule has 0 unspecified atom stereocenters. The zero-order chi connectivity index (χ0) is 17.2. The Morgan fingerprint density at radius 2 is 1.92 bits per heavy atom. The molecule has 1 aliphatic heterocycles. The van der Waals surface area contributed by atoms with Crippen LogP contribution < -0.4 is 5.56 Å². The van der Waals surface area contributed by atoms with Gasteiger partial charge in [-0.3, -0.25) is 9.69 Å². The van der Waals surface area contributed by atoms with E-state index in [-0.39, 0.29) is 17.7 Å². The Balaban J connectivity index is 1.66. The number of H-pyrrole nitrogens is 1. The van der Waals surface area contributed by atoms with Crippen LogP contribution in [0.15, 0.2) is 59.4 Å². The van der Waals surface area contributed by atoms with Crippen LogP contribution in [-0.4, -0.2) is 34.1 Å². The first kappa shape index (κ1) is 16.0. The number of aromatic amines is 1. The monoisotopic (exact) mass is 335 g/mol. The summed E-state index contributed by atoms with van der Waals surface area (Å²) in [6, 6.07) is 17.9. The van der Waals surface area contributed by atoms with E-state index < -0.39 is 0 Å². The molecule has 25 heavy (non-hydrogen) atoms. The van der Waals surface area contributed by atoms with Gasteiger partial charge in [-0.1, -0.05) is 42.5 Å². The van der Waals surface area contributed by atoms with Crippen molar-refractivity contribution in [3.63, 3.8) is 0 Å². The van der Waals surface area contributed by atoms with Crippen molar-refractivity contribution in [2.24, 2.45) is 0 Å². The van der Waals surface area contributed by atoms with Crippen molar-refractivity contribution in [1.29, 1.82) is 0 Å². The molecule has 0 bridgehead atoms. The third-order valence-corrected chi connectivity index (χ3v) is 4.67. The lowest BCUT2D eigenvalue weighted by Gasteiger charge is -2.38. The number of fused-ring (bicyclic) bond motifs is 1. The molecule has 1 saturated heterocycles. The molecular formula is C20H21N3O2. The van der Waals surface area contributed by atoms with E-state index in [1.807, 2.05) is 36.4 Å². The van der Waals surface area contributed by atoms with Gasteiger partial charge in [0.05, 0.1) is 36.2 Å². The molecule has 0 amide bonds. The van der Waals surface area contributed by atoms with Crippen LogP contribution in [0, 0.1) is 0 Å². The lowest BCUT2D eigenvalue weighted by atomic mass is 10.0. The van der Waals surface area contributed by atoms with Crippen molar-refractivity contribution in [2.45, 2.75) is 25.6 Å². The quantitative estimate of drug-likeness (QED) is 0.799. The van der Waals surface area contributed by atoms with Gasteiger partial charge in [0.25, 0.3) is 5.56 Å². The molecular weight excluding hydrogens is 314 g/mol. The van der Waals surface area contributed by atoms with E-state index >= 15 is 0 Å². The Hall–Kier alpha value is -2.50. The molecule has 0 saturated carbocycles. The first-order valence-electron chi connectivity index (χ1n) is 8.59. The predicted octanol–water partition coefficient (Wildman–Crippen LogP) is 2.89. The number of para-hydroxylation sites is 1. The van der Waals surface area contributed by atoms with Crippen molar-refractivity contribution in [3.05, 3.63) is 76.3 Å². The number of hydrogen-bond donors (Lipinski definition) is 1. The van der Waals surface area contributed by atoms with Crippen LogP contribution in [0.2, 0.25) is 0 Å². The number of nitrogens with zero attached hydrogens (tertiary/aromatic N) is 2. The highest BCUT2D eigenvalue weighted by molar-refractivity contribution is 5.77. The lowest BCUT2D eigenvalue weighted by molar-refractivity contribution is -0.0606. The summed E-state index contributed by atoms with van der Waals surface area (Å²) < 4.78 is 5.87. The molecule has 2 aromatic carbocycles. The minimum atomic E-state index is -0.0850. The Bertz CT molecular complexity index is 923. The van der Waals surface area contributed by atoms with Gasteiger partial charge < -0.3 is 9.72 Å². The van der Waals surface area contributed by atoms with Gasteiger partial charge in [-0.05, 0) is 24.6 Å². The molecule has 4 rings (SSSR count). The van der Waals surface area contributed by atoms with Gasteiger partial charge in [-0.15, -0.1) is 0 Å². The third kappa shape index (κ3) is 3.34. The van der Waals surface area contributed by atoms with E-state index in [9.17, 15) is 4.79 Å². The second-order valence-corrected chi connectivity index (χ2v) is 6.53. The zero-order valence-electron chi connectivity index (χ0n) is 14.2. The molecule has 0 radical (unpaired) electrons. The fourth-order valence-electron chi connectivity index (χ4n) is 3.43.